The third kappa shape index (κ3) is 3.78. The second kappa shape index (κ2) is 6.97. The van der Waals surface area contributed by atoms with Crippen LogP contribution >= 0.6 is 11.6 Å². The van der Waals surface area contributed by atoms with E-state index >= 15 is 0 Å². The molecule has 2 rings (SSSR count). The zero-order chi connectivity index (χ0) is 16.1. The summed E-state index contributed by atoms with van der Waals surface area (Å²) in [4.78, 5) is 12.2. The van der Waals surface area contributed by atoms with E-state index in [4.69, 9.17) is 16.9 Å². The monoisotopic (exact) mass is 313 g/mol. The van der Waals surface area contributed by atoms with Gasteiger partial charge < -0.3 is 10.6 Å². The standard InChI is InChI=1S/C17H16ClN3O/c1-11-7-8-14(9-15(11)18)20-12(2)17(22)21-16-6-4-3-5-13(16)10-19/h3-9,12,20H,1-2H3,(H,21,22)/t12-/m0/s1. The summed E-state index contributed by atoms with van der Waals surface area (Å²) >= 11 is 6.07. The van der Waals surface area contributed by atoms with Crippen molar-refractivity contribution in [2.75, 3.05) is 10.6 Å². The van der Waals surface area contributed by atoms with Crippen molar-refractivity contribution in [2.24, 2.45) is 0 Å². The van der Waals surface area contributed by atoms with Crippen molar-refractivity contribution in [3.63, 3.8) is 0 Å². The van der Waals surface area contributed by atoms with Crippen LogP contribution in [0.15, 0.2) is 42.5 Å². The number of halogens is 1. The molecule has 1 atom stereocenters. The number of carbonyl (C=O) groups is 1. The summed E-state index contributed by atoms with van der Waals surface area (Å²) in [5, 5.41) is 15.5. The van der Waals surface area contributed by atoms with Gasteiger partial charge in [-0.05, 0) is 43.7 Å². The summed E-state index contributed by atoms with van der Waals surface area (Å²) < 4.78 is 0. The summed E-state index contributed by atoms with van der Waals surface area (Å²) in [5.41, 5.74) is 2.69. The highest BCUT2D eigenvalue weighted by Crippen LogP contribution is 2.21. The Morgan fingerprint density at radius 3 is 2.68 bits per heavy atom. The minimum atomic E-state index is -0.467. The topological polar surface area (TPSA) is 64.9 Å². The van der Waals surface area contributed by atoms with Crippen molar-refractivity contribution >= 4 is 28.9 Å². The number of hydrogen-bond acceptors (Lipinski definition) is 3. The first kappa shape index (κ1) is 15.9. The van der Waals surface area contributed by atoms with Gasteiger partial charge in [-0.2, -0.15) is 5.26 Å². The molecule has 0 heterocycles. The van der Waals surface area contributed by atoms with Gasteiger partial charge in [0.2, 0.25) is 5.91 Å². The predicted molar refractivity (Wildman–Crippen MR) is 89.1 cm³/mol. The Bertz CT molecular complexity index is 737. The Balaban J connectivity index is 2.06. The van der Waals surface area contributed by atoms with Crippen molar-refractivity contribution < 1.29 is 4.79 Å². The van der Waals surface area contributed by atoms with Gasteiger partial charge in [-0.3, -0.25) is 4.79 Å². The van der Waals surface area contributed by atoms with Crippen LogP contribution in [0.2, 0.25) is 5.02 Å². The maximum absolute atomic E-state index is 12.2. The normalized spacial score (nSPS) is 11.4. The van der Waals surface area contributed by atoms with Crippen LogP contribution in [0.3, 0.4) is 0 Å². The van der Waals surface area contributed by atoms with Crippen molar-refractivity contribution in [1.29, 1.82) is 5.26 Å². The van der Waals surface area contributed by atoms with Gasteiger partial charge >= 0.3 is 0 Å². The molecule has 0 fully saturated rings. The number of carbonyl (C=O) groups excluding carboxylic acids is 1. The lowest BCUT2D eigenvalue weighted by Crippen LogP contribution is -2.32. The summed E-state index contributed by atoms with van der Waals surface area (Å²) in [6.07, 6.45) is 0. The van der Waals surface area contributed by atoms with E-state index < -0.39 is 6.04 Å². The molecule has 0 aliphatic rings. The fourth-order valence-electron chi connectivity index (χ4n) is 1.93. The van der Waals surface area contributed by atoms with Crippen LogP contribution in [-0.4, -0.2) is 11.9 Å². The minimum Gasteiger partial charge on any atom is -0.374 e. The highest BCUT2D eigenvalue weighted by molar-refractivity contribution is 6.31. The third-order valence-corrected chi connectivity index (χ3v) is 3.66. The molecule has 22 heavy (non-hydrogen) atoms. The number of nitriles is 1. The average Bonchev–Trinajstić information content (AvgIpc) is 2.51. The largest absolute Gasteiger partial charge is 0.374 e. The Morgan fingerprint density at radius 1 is 1.27 bits per heavy atom. The molecule has 0 radical (unpaired) electrons. The average molecular weight is 314 g/mol. The molecular formula is C17H16ClN3O. The number of aryl methyl sites for hydroxylation is 1. The van der Waals surface area contributed by atoms with Gasteiger partial charge in [-0.25, -0.2) is 0 Å². The minimum absolute atomic E-state index is 0.223. The molecule has 0 saturated carbocycles. The van der Waals surface area contributed by atoms with Crippen LogP contribution in [0.1, 0.15) is 18.1 Å². The van der Waals surface area contributed by atoms with Crippen LogP contribution in [0.5, 0.6) is 0 Å². The number of para-hydroxylation sites is 1. The zero-order valence-electron chi connectivity index (χ0n) is 12.4. The first-order valence-electron chi connectivity index (χ1n) is 6.84. The fraction of sp³-hybridized carbons (Fsp3) is 0.176. The molecule has 2 aromatic carbocycles. The summed E-state index contributed by atoms with van der Waals surface area (Å²) in [6.45, 7) is 3.67. The number of amides is 1. The highest BCUT2D eigenvalue weighted by Gasteiger charge is 2.14. The molecule has 0 aliphatic carbocycles. The second-order valence-electron chi connectivity index (χ2n) is 4.98. The van der Waals surface area contributed by atoms with Crippen LogP contribution in [0.4, 0.5) is 11.4 Å². The fourth-order valence-corrected chi connectivity index (χ4v) is 2.11. The number of nitrogens with one attached hydrogen (secondary N) is 2. The van der Waals surface area contributed by atoms with E-state index in [0.29, 0.717) is 16.3 Å². The molecule has 0 aromatic heterocycles. The van der Waals surface area contributed by atoms with Crippen LogP contribution in [-0.2, 0) is 4.79 Å². The van der Waals surface area contributed by atoms with E-state index in [1.807, 2.05) is 19.1 Å². The molecule has 112 valence electrons. The quantitative estimate of drug-likeness (QED) is 0.898. The number of benzene rings is 2. The summed E-state index contributed by atoms with van der Waals surface area (Å²) in [6, 6.07) is 14.0. The van der Waals surface area contributed by atoms with E-state index in [9.17, 15) is 4.79 Å². The SMILES string of the molecule is Cc1ccc(N[C@@H](C)C(=O)Nc2ccccc2C#N)cc1Cl. The Hall–Kier alpha value is -2.51. The molecule has 5 heteroatoms. The van der Waals surface area contributed by atoms with Crippen molar-refractivity contribution in [3.8, 4) is 6.07 Å². The first-order valence-corrected chi connectivity index (χ1v) is 7.21. The molecule has 0 aliphatic heterocycles. The van der Waals surface area contributed by atoms with E-state index in [0.717, 1.165) is 11.3 Å². The first-order chi connectivity index (χ1) is 10.5. The summed E-state index contributed by atoms with van der Waals surface area (Å²) in [7, 11) is 0. The van der Waals surface area contributed by atoms with Gasteiger partial charge in [0.1, 0.15) is 12.1 Å². The Morgan fingerprint density at radius 2 is 2.00 bits per heavy atom. The van der Waals surface area contributed by atoms with Gasteiger partial charge in [0, 0.05) is 10.7 Å². The van der Waals surface area contributed by atoms with Crippen LogP contribution < -0.4 is 10.6 Å². The lowest BCUT2D eigenvalue weighted by atomic mass is 10.1. The van der Waals surface area contributed by atoms with Gasteiger partial charge in [-0.15, -0.1) is 0 Å². The van der Waals surface area contributed by atoms with E-state index in [2.05, 4.69) is 16.7 Å². The van der Waals surface area contributed by atoms with E-state index in [1.165, 1.54) is 0 Å². The number of nitrogens with zero attached hydrogens (tertiary/aromatic N) is 1. The molecule has 0 spiro atoms. The lowest BCUT2D eigenvalue weighted by Gasteiger charge is -2.16. The van der Waals surface area contributed by atoms with Crippen molar-refractivity contribution in [2.45, 2.75) is 19.9 Å². The molecule has 2 aromatic rings. The number of anilines is 2. The van der Waals surface area contributed by atoms with Crippen molar-refractivity contribution in [3.05, 3.63) is 58.6 Å². The Labute approximate surface area is 134 Å². The predicted octanol–water partition coefficient (Wildman–Crippen LogP) is 3.96. The van der Waals surface area contributed by atoms with Gasteiger partial charge in [0.25, 0.3) is 0 Å². The van der Waals surface area contributed by atoms with Crippen molar-refractivity contribution in [1.82, 2.24) is 0 Å². The molecule has 0 bridgehead atoms. The summed E-state index contributed by atoms with van der Waals surface area (Å²) in [5.74, 6) is -0.223. The van der Waals surface area contributed by atoms with Gasteiger partial charge in [0.05, 0.1) is 11.3 Å². The Kier molecular flexibility index (Phi) is 5.03. The zero-order valence-corrected chi connectivity index (χ0v) is 13.1. The van der Waals surface area contributed by atoms with Gasteiger partial charge in [0.15, 0.2) is 0 Å². The highest BCUT2D eigenvalue weighted by atomic mass is 35.5. The molecule has 0 unspecified atom stereocenters. The molecule has 0 saturated heterocycles. The smallest absolute Gasteiger partial charge is 0.246 e. The third-order valence-electron chi connectivity index (χ3n) is 3.25. The lowest BCUT2D eigenvalue weighted by molar-refractivity contribution is -0.116. The molecule has 1 amide bonds. The maximum Gasteiger partial charge on any atom is 0.246 e. The maximum atomic E-state index is 12.2. The molecule has 2 N–H and O–H groups in total. The molecular weight excluding hydrogens is 298 g/mol. The van der Waals surface area contributed by atoms with Gasteiger partial charge in [-0.1, -0.05) is 29.8 Å². The number of hydrogen-bond donors (Lipinski definition) is 2. The number of rotatable bonds is 4. The van der Waals surface area contributed by atoms with E-state index in [-0.39, 0.29) is 5.91 Å². The van der Waals surface area contributed by atoms with Crippen LogP contribution in [0, 0.1) is 18.3 Å². The van der Waals surface area contributed by atoms with E-state index in [1.54, 1.807) is 37.3 Å². The van der Waals surface area contributed by atoms with Crippen LogP contribution in [0.25, 0.3) is 0 Å². The molecule has 4 nitrogen and oxygen atoms in total. The second-order valence-corrected chi connectivity index (χ2v) is 5.38.